The third-order valence-corrected chi connectivity index (χ3v) is 5.92. The molecule has 0 saturated carbocycles. The van der Waals surface area contributed by atoms with Crippen molar-refractivity contribution < 1.29 is 36.2 Å². The number of hydrogen-bond donors (Lipinski definition) is 1. The van der Waals surface area contributed by atoms with E-state index in [0.29, 0.717) is 34.7 Å². The number of hydrogen-bond acceptors (Lipinski definition) is 5. The maximum Gasteiger partial charge on any atom is 0.433 e. The summed E-state index contributed by atoms with van der Waals surface area (Å²) < 4.78 is 73.9. The van der Waals surface area contributed by atoms with Crippen molar-refractivity contribution in [2.75, 3.05) is 25.6 Å². The summed E-state index contributed by atoms with van der Waals surface area (Å²) in [7, 11) is 2.78. The van der Waals surface area contributed by atoms with Crippen LogP contribution >= 0.6 is 11.6 Å². The molecule has 1 heterocycles. The summed E-state index contributed by atoms with van der Waals surface area (Å²) >= 11 is 6.03. The second-order valence-corrected chi connectivity index (χ2v) is 8.56. The van der Waals surface area contributed by atoms with Crippen LogP contribution in [0.5, 0.6) is 11.5 Å². The molecule has 0 aliphatic heterocycles. The fourth-order valence-electron chi connectivity index (χ4n) is 3.88. The molecule has 1 unspecified atom stereocenters. The number of aromatic nitrogens is 1. The zero-order chi connectivity index (χ0) is 27.9. The van der Waals surface area contributed by atoms with Crippen LogP contribution in [0.25, 0.3) is 0 Å². The van der Waals surface area contributed by atoms with Crippen LogP contribution in [0.15, 0.2) is 60.8 Å². The molecule has 1 N–H and O–H groups in total. The van der Waals surface area contributed by atoms with Crippen LogP contribution in [0.3, 0.4) is 0 Å². The number of benzene rings is 2. The van der Waals surface area contributed by atoms with Gasteiger partial charge < -0.3 is 19.7 Å². The van der Waals surface area contributed by atoms with E-state index in [1.54, 1.807) is 29.2 Å². The van der Waals surface area contributed by atoms with Gasteiger partial charge in [-0.2, -0.15) is 22.0 Å². The van der Waals surface area contributed by atoms with Crippen molar-refractivity contribution in [3.05, 3.63) is 82.6 Å². The van der Waals surface area contributed by atoms with Gasteiger partial charge in [-0.1, -0.05) is 29.8 Å². The van der Waals surface area contributed by atoms with Gasteiger partial charge in [0.2, 0.25) is 5.91 Å². The normalized spacial score (nSPS) is 12.2. The van der Waals surface area contributed by atoms with Crippen LogP contribution in [0, 0.1) is 0 Å². The standard InChI is InChI=1S/C26H25ClF5N3O3/c1-33-24(36)23(17-6-8-18(27)9-7-17)35(19-10-11-20(38-25(28)29)21(14-19)37-2)13-3-4-16-5-12-22(34-15-16)26(30,31)32/h5-12,14-15,23,25H,3-4,13H2,1-2H3,(H,33,36). The first-order chi connectivity index (χ1) is 18.0. The first kappa shape index (κ1) is 29.0. The predicted octanol–water partition coefficient (Wildman–Crippen LogP) is 6.29. The van der Waals surface area contributed by atoms with Gasteiger partial charge in [-0.05, 0) is 54.3 Å². The van der Waals surface area contributed by atoms with E-state index in [4.69, 9.17) is 16.3 Å². The molecule has 1 atom stereocenters. The molecule has 0 bridgehead atoms. The Kier molecular flexibility index (Phi) is 9.73. The highest BCUT2D eigenvalue weighted by atomic mass is 35.5. The van der Waals surface area contributed by atoms with Crippen molar-refractivity contribution in [1.82, 2.24) is 10.3 Å². The maximum absolute atomic E-state index is 13.1. The molecular weight excluding hydrogens is 533 g/mol. The largest absolute Gasteiger partial charge is 0.493 e. The molecule has 1 aromatic heterocycles. The van der Waals surface area contributed by atoms with Crippen molar-refractivity contribution in [3.8, 4) is 11.5 Å². The quantitative estimate of drug-likeness (QED) is 0.281. The van der Waals surface area contributed by atoms with Gasteiger partial charge in [-0.15, -0.1) is 0 Å². The smallest absolute Gasteiger partial charge is 0.433 e. The minimum atomic E-state index is -4.53. The number of aryl methyl sites for hydroxylation is 1. The molecule has 38 heavy (non-hydrogen) atoms. The summed E-state index contributed by atoms with van der Waals surface area (Å²) in [4.78, 5) is 18.3. The van der Waals surface area contributed by atoms with Crippen molar-refractivity contribution in [2.45, 2.75) is 31.7 Å². The highest BCUT2D eigenvalue weighted by Crippen LogP contribution is 2.36. The van der Waals surface area contributed by atoms with Gasteiger partial charge in [0.15, 0.2) is 11.5 Å². The fraction of sp³-hybridized carbons (Fsp3) is 0.308. The van der Waals surface area contributed by atoms with E-state index < -0.39 is 24.5 Å². The van der Waals surface area contributed by atoms with Gasteiger partial charge in [0, 0.05) is 36.6 Å². The SMILES string of the molecule is CNC(=O)C(c1ccc(Cl)cc1)N(CCCc1ccc(C(F)(F)F)nc1)c1ccc(OC(F)F)c(OC)c1. The summed E-state index contributed by atoms with van der Waals surface area (Å²) in [6.07, 6.45) is -2.58. The molecular formula is C26H25ClF5N3O3. The van der Waals surface area contributed by atoms with E-state index in [9.17, 15) is 26.7 Å². The number of carbonyl (C=O) groups is 1. The molecule has 3 aromatic rings. The van der Waals surface area contributed by atoms with Crippen LogP contribution in [0.2, 0.25) is 5.02 Å². The topological polar surface area (TPSA) is 63.7 Å². The van der Waals surface area contributed by atoms with Crippen molar-refractivity contribution >= 4 is 23.2 Å². The summed E-state index contributed by atoms with van der Waals surface area (Å²) in [6.45, 7) is -2.80. The van der Waals surface area contributed by atoms with E-state index in [0.717, 1.165) is 6.07 Å². The third kappa shape index (κ3) is 7.47. The van der Waals surface area contributed by atoms with Crippen molar-refractivity contribution in [1.29, 1.82) is 0 Å². The van der Waals surface area contributed by atoms with Gasteiger partial charge in [-0.3, -0.25) is 9.78 Å². The summed E-state index contributed by atoms with van der Waals surface area (Å²) in [5, 5.41) is 3.11. The number of halogens is 6. The average Bonchev–Trinajstić information content (AvgIpc) is 2.88. The lowest BCUT2D eigenvalue weighted by Crippen LogP contribution is -2.40. The second kappa shape index (κ2) is 12.8. The number of rotatable bonds is 11. The molecule has 12 heteroatoms. The molecule has 1 amide bonds. The first-order valence-electron chi connectivity index (χ1n) is 11.4. The highest BCUT2D eigenvalue weighted by Gasteiger charge is 2.32. The molecule has 6 nitrogen and oxygen atoms in total. The monoisotopic (exact) mass is 557 g/mol. The number of likely N-dealkylation sites (N-methyl/N-ethyl adjacent to an activating group) is 1. The van der Waals surface area contributed by atoms with Crippen LogP contribution in [-0.2, 0) is 17.4 Å². The molecule has 0 radical (unpaired) electrons. The van der Waals surface area contributed by atoms with Crippen molar-refractivity contribution in [2.24, 2.45) is 0 Å². The number of methoxy groups -OCH3 is 1. The Bertz CT molecular complexity index is 1210. The molecule has 3 rings (SSSR count). The molecule has 204 valence electrons. The molecule has 2 aromatic carbocycles. The van der Waals surface area contributed by atoms with Crippen molar-refractivity contribution in [3.63, 3.8) is 0 Å². The molecule has 0 saturated heterocycles. The van der Waals surface area contributed by atoms with E-state index in [-0.39, 0.29) is 24.0 Å². The minimum Gasteiger partial charge on any atom is -0.493 e. The van der Waals surface area contributed by atoms with Crippen LogP contribution in [-0.4, -0.2) is 38.2 Å². The number of anilines is 1. The number of carbonyl (C=O) groups excluding carboxylic acids is 1. The van der Waals surface area contributed by atoms with Gasteiger partial charge in [0.1, 0.15) is 11.7 Å². The fourth-order valence-corrected chi connectivity index (χ4v) is 4.01. The number of nitrogens with one attached hydrogen (secondary N) is 1. The first-order valence-corrected chi connectivity index (χ1v) is 11.8. The van der Waals surface area contributed by atoms with Gasteiger partial charge >= 0.3 is 12.8 Å². The van der Waals surface area contributed by atoms with E-state index in [2.05, 4.69) is 15.0 Å². The Hall–Kier alpha value is -3.60. The summed E-state index contributed by atoms with van der Waals surface area (Å²) in [6, 6.07) is 12.4. The zero-order valence-corrected chi connectivity index (χ0v) is 21.2. The summed E-state index contributed by atoms with van der Waals surface area (Å²) in [5.41, 5.74) is 0.678. The van der Waals surface area contributed by atoms with Crippen LogP contribution in [0.1, 0.15) is 29.3 Å². The van der Waals surface area contributed by atoms with E-state index in [1.807, 2.05) is 0 Å². The van der Waals surface area contributed by atoms with E-state index in [1.165, 1.54) is 44.6 Å². The van der Waals surface area contributed by atoms with Gasteiger partial charge in [-0.25, -0.2) is 0 Å². The highest BCUT2D eigenvalue weighted by molar-refractivity contribution is 6.30. The number of nitrogens with zero attached hydrogens (tertiary/aromatic N) is 2. The lowest BCUT2D eigenvalue weighted by molar-refractivity contribution is -0.141. The number of alkyl halides is 5. The molecule has 0 aliphatic rings. The Morgan fingerprint density at radius 2 is 1.79 bits per heavy atom. The Labute approximate surface area is 221 Å². The molecule has 0 aliphatic carbocycles. The number of pyridine rings is 1. The van der Waals surface area contributed by atoms with E-state index >= 15 is 0 Å². The lowest BCUT2D eigenvalue weighted by Gasteiger charge is -2.33. The lowest BCUT2D eigenvalue weighted by atomic mass is 10.0. The minimum absolute atomic E-state index is 0.0338. The Morgan fingerprint density at radius 1 is 1.08 bits per heavy atom. The van der Waals surface area contributed by atoms with Gasteiger partial charge in [0.05, 0.1) is 7.11 Å². The Balaban J connectivity index is 1.95. The third-order valence-electron chi connectivity index (χ3n) is 5.67. The maximum atomic E-state index is 13.1. The zero-order valence-electron chi connectivity index (χ0n) is 20.4. The second-order valence-electron chi connectivity index (χ2n) is 8.13. The summed E-state index contributed by atoms with van der Waals surface area (Å²) in [5.74, 6) is -0.494. The average molecular weight is 558 g/mol. The predicted molar refractivity (Wildman–Crippen MR) is 133 cm³/mol. The van der Waals surface area contributed by atoms with Crippen LogP contribution in [0.4, 0.5) is 27.6 Å². The van der Waals surface area contributed by atoms with Gasteiger partial charge in [0.25, 0.3) is 0 Å². The number of ether oxygens (including phenoxy) is 2. The molecule has 0 spiro atoms. The Morgan fingerprint density at radius 3 is 2.34 bits per heavy atom. The number of amides is 1. The molecule has 0 fully saturated rings. The van der Waals surface area contributed by atoms with Crippen LogP contribution < -0.4 is 19.7 Å².